The van der Waals surface area contributed by atoms with Crippen LogP contribution in [0.3, 0.4) is 0 Å². The number of hydrogen-bond donors (Lipinski definition) is 2. The highest BCUT2D eigenvalue weighted by Crippen LogP contribution is 2.36. The first-order chi connectivity index (χ1) is 14.9. The number of hydrogen-bond acceptors (Lipinski definition) is 4. The number of aryl methyl sites for hydroxylation is 2. The number of carboxylic acid groups (broad SMARTS) is 1. The Hall–Kier alpha value is -4.13. The molecule has 0 spiro atoms. The maximum atomic E-state index is 11.6. The topological polar surface area (TPSA) is 87.0 Å². The molecule has 0 saturated carbocycles. The van der Waals surface area contributed by atoms with Crippen LogP contribution in [0.15, 0.2) is 60.8 Å². The molecule has 0 aliphatic rings. The molecule has 3 aromatic heterocycles. The summed E-state index contributed by atoms with van der Waals surface area (Å²) in [6.07, 6.45) is 1.51. The first-order valence-electron chi connectivity index (χ1n) is 9.91. The maximum Gasteiger partial charge on any atom is 0.337 e. The van der Waals surface area contributed by atoms with Gasteiger partial charge in [-0.05, 0) is 37.3 Å². The molecule has 0 saturated heterocycles. The molecule has 0 amide bonds. The number of pyridine rings is 1. The van der Waals surface area contributed by atoms with Crippen LogP contribution < -0.4 is 4.90 Å². The molecule has 154 valence electrons. The Morgan fingerprint density at radius 3 is 2.65 bits per heavy atom. The number of aromatic nitrogens is 4. The van der Waals surface area contributed by atoms with E-state index in [0.29, 0.717) is 11.0 Å². The van der Waals surface area contributed by atoms with Crippen molar-refractivity contribution in [1.29, 1.82) is 0 Å². The van der Waals surface area contributed by atoms with Gasteiger partial charge in [-0.1, -0.05) is 29.8 Å². The molecule has 0 aliphatic heterocycles. The fraction of sp³-hybridized carbons (Fsp3) is 0.125. The number of carboxylic acids is 1. The Morgan fingerprint density at radius 1 is 1.13 bits per heavy atom. The van der Waals surface area contributed by atoms with E-state index in [2.05, 4.69) is 52.1 Å². The molecular formula is C24H21N5O2. The number of benzene rings is 2. The first-order valence-corrected chi connectivity index (χ1v) is 9.91. The van der Waals surface area contributed by atoms with E-state index in [1.165, 1.54) is 17.8 Å². The van der Waals surface area contributed by atoms with Crippen molar-refractivity contribution in [1.82, 2.24) is 19.7 Å². The van der Waals surface area contributed by atoms with Crippen LogP contribution in [-0.4, -0.2) is 37.9 Å². The van der Waals surface area contributed by atoms with E-state index >= 15 is 0 Å². The third-order valence-electron chi connectivity index (χ3n) is 5.63. The van der Waals surface area contributed by atoms with Crippen LogP contribution in [0, 0.1) is 6.92 Å². The number of H-pyrrole nitrogens is 1. The summed E-state index contributed by atoms with van der Waals surface area (Å²) in [4.78, 5) is 21.3. The Kier molecular flexibility index (Phi) is 4.25. The predicted molar refractivity (Wildman–Crippen MR) is 122 cm³/mol. The summed E-state index contributed by atoms with van der Waals surface area (Å²) in [5.74, 6) is -0.992. The zero-order chi connectivity index (χ0) is 21.7. The van der Waals surface area contributed by atoms with Gasteiger partial charge in [-0.2, -0.15) is 5.10 Å². The van der Waals surface area contributed by atoms with Gasteiger partial charge >= 0.3 is 5.97 Å². The van der Waals surface area contributed by atoms with Crippen molar-refractivity contribution in [2.45, 2.75) is 6.92 Å². The van der Waals surface area contributed by atoms with Crippen LogP contribution in [0.25, 0.3) is 33.3 Å². The number of para-hydroxylation sites is 1. The second-order valence-electron chi connectivity index (χ2n) is 7.65. The predicted octanol–water partition coefficient (Wildman–Crippen LogP) is 4.89. The fourth-order valence-corrected chi connectivity index (χ4v) is 4.03. The van der Waals surface area contributed by atoms with Gasteiger partial charge in [0.1, 0.15) is 5.69 Å². The van der Waals surface area contributed by atoms with Crippen LogP contribution in [0.5, 0.6) is 0 Å². The Bertz CT molecular complexity index is 1450. The van der Waals surface area contributed by atoms with Gasteiger partial charge in [0.05, 0.1) is 33.5 Å². The van der Waals surface area contributed by atoms with E-state index in [0.717, 1.165) is 33.7 Å². The minimum Gasteiger partial charge on any atom is -0.478 e. The molecule has 2 aromatic carbocycles. The molecule has 0 atom stereocenters. The van der Waals surface area contributed by atoms with Gasteiger partial charge in [0.25, 0.3) is 0 Å². The van der Waals surface area contributed by atoms with E-state index in [-0.39, 0.29) is 5.56 Å². The lowest BCUT2D eigenvalue weighted by Crippen LogP contribution is -2.10. The zero-order valence-electron chi connectivity index (χ0n) is 17.4. The molecular weight excluding hydrogens is 390 g/mol. The van der Waals surface area contributed by atoms with Gasteiger partial charge in [-0.3, -0.25) is 9.67 Å². The lowest BCUT2D eigenvalue weighted by molar-refractivity contribution is 0.0698. The van der Waals surface area contributed by atoms with Crippen molar-refractivity contribution in [3.8, 4) is 11.4 Å². The van der Waals surface area contributed by atoms with E-state index in [9.17, 15) is 9.90 Å². The third-order valence-corrected chi connectivity index (χ3v) is 5.63. The van der Waals surface area contributed by atoms with Gasteiger partial charge in [0.2, 0.25) is 0 Å². The zero-order valence-corrected chi connectivity index (χ0v) is 17.4. The van der Waals surface area contributed by atoms with Crippen molar-refractivity contribution in [2.24, 2.45) is 7.05 Å². The van der Waals surface area contributed by atoms with E-state index in [1.54, 1.807) is 0 Å². The number of aromatic amines is 1. The SMILES string of the molecule is Cc1ccc(N(C)c2cccc3c(-c4cc5nccc(C(=O)O)c5[nH]4)nn(C)c23)cc1. The number of rotatable bonds is 4. The van der Waals surface area contributed by atoms with Crippen molar-refractivity contribution < 1.29 is 9.90 Å². The highest BCUT2D eigenvalue weighted by molar-refractivity contribution is 6.05. The van der Waals surface area contributed by atoms with Gasteiger partial charge in [-0.25, -0.2) is 4.79 Å². The molecule has 3 heterocycles. The summed E-state index contributed by atoms with van der Waals surface area (Å²) in [6, 6.07) is 17.8. The maximum absolute atomic E-state index is 11.6. The van der Waals surface area contributed by atoms with Crippen LogP contribution in [-0.2, 0) is 7.05 Å². The molecule has 5 rings (SSSR count). The Labute approximate surface area is 178 Å². The smallest absolute Gasteiger partial charge is 0.337 e. The lowest BCUT2D eigenvalue weighted by Gasteiger charge is -2.21. The minimum absolute atomic E-state index is 0.191. The number of nitrogens with one attached hydrogen (secondary N) is 1. The highest BCUT2D eigenvalue weighted by atomic mass is 16.4. The molecule has 7 heteroatoms. The summed E-state index contributed by atoms with van der Waals surface area (Å²) in [5.41, 5.74) is 7.10. The number of nitrogens with zero attached hydrogens (tertiary/aromatic N) is 4. The highest BCUT2D eigenvalue weighted by Gasteiger charge is 2.19. The second-order valence-corrected chi connectivity index (χ2v) is 7.65. The summed E-state index contributed by atoms with van der Waals surface area (Å²) < 4.78 is 1.86. The lowest BCUT2D eigenvalue weighted by atomic mass is 10.1. The Balaban J connectivity index is 1.68. The normalized spacial score (nSPS) is 11.3. The average Bonchev–Trinajstić information content (AvgIpc) is 3.34. The molecule has 31 heavy (non-hydrogen) atoms. The second kappa shape index (κ2) is 6.98. The molecule has 0 bridgehead atoms. The van der Waals surface area contributed by atoms with Gasteiger partial charge in [0.15, 0.2) is 0 Å². The summed E-state index contributed by atoms with van der Waals surface area (Å²) in [6.45, 7) is 2.07. The van der Waals surface area contributed by atoms with Crippen molar-refractivity contribution >= 4 is 39.3 Å². The van der Waals surface area contributed by atoms with E-state index < -0.39 is 5.97 Å². The molecule has 5 aromatic rings. The molecule has 7 nitrogen and oxygen atoms in total. The molecule has 0 aliphatic carbocycles. The summed E-state index contributed by atoms with van der Waals surface area (Å²) >= 11 is 0. The minimum atomic E-state index is -0.992. The first kappa shape index (κ1) is 18.9. The Morgan fingerprint density at radius 2 is 1.90 bits per heavy atom. The van der Waals surface area contributed by atoms with E-state index in [1.807, 2.05) is 37.0 Å². The van der Waals surface area contributed by atoms with Gasteiger partial charge in [-0.15, -0.1) is 0 Å². The molecule has 0 fully saturated rings. The standard InChI is InChI=1S/C24H21N5O2/c1-14-7-9-15(10-8-14)28(2)20-6-4-5-16-22(27-29(3)23(16)20)19-13-18-21(26-19)17(24(30)31)11-12-25-18/h4-13,26H,1-3H3,(H,30,31). The number of carbonyl (C=O) groups is 1. The monoisotopic (exact) mass is 411 g/mol. The number of fused-ring (bicyclic) bond motifs is 2. The van der Waals surface area contributed by atoms with Crippen molar-refractivity contribution in [3.05, 3.63) is 71.9 Å². The van der Waals surface area contributed by atoms with Gasteiger partial charge in [0, 0.05) is 31.4 Å². The summed E-state index contributed by atoms with van der Waals surface area (Å²) in [5, 5.41) is 15.2. The molecule has 2 N–H and O–H groups in total. The van der Waals surface area contributed by atoms with Crippen molar-refractivity contribution in [3.63, 3.8) is 0 Å². The fourth-order valence-electron chi connectivity index (χ4n) is 4.03. The average molecular weight is 411 g/mol. The van der Waals surface area contributed by atoms with E-state index in [4.69, 9.17) is 5.10 Å². The van der Waals surface area contributed by atoms with Crippen LogP contribution >= 0.6 is 0 Å². The quantitative estimate of drug-likeness (QED) is 0.440. The van der Waals surface area contributed by atoms with Crippen LogP contribution in [0.1, 0.15) is 15.9 Å². The van der Waals surface area contributed by atoms with Crippen LogP contribution in [0.4, 0.5) is 11.4 Å². The number of anilines is 2. The third kappa shape index (κ3) is 3.02. The number of aromatic carboxylic acids is 1. The molecule has 0 radical (unpaired) electrons. The summed E-state index contributed by atoms with van der Waals surface area (Å²) in [7, 11) is 3.96. The van der Waals surface area contributed by atoms with Gasteiger partial charge < -0.3 is 15.0 Å². The van der Waals surface area contributed by atoms with Crippen molar-refractivity contribution in [2.75, 3.05) is 11.9 Å². The van der Waals surface area contributed by atoms with Crippen LogP contribution in [0.2, 0.25) is 0 Å². The molecule has 0 unspecified atom stereocenters. The largest absolute Gasteiger partial charge is 0.478 e.